The molecule has 0 spiro atoms. The van der Waals surface area contributed by atoms with Gasteiger partial charge in [-0.3, -0.25) is 9.78 Å². The first kappa shape index (κ1) is 23.5. The van der Waals surface area contributed by atoms with E-state index in [1.54, 1.807) is 36.7 Å². The molecule has 3 heterocycles. The van der Waals surface area contributed by atoms with E-state index in [-0.39, 0.29) is 19.2 Å². The number of aromatic nitrogens is 3. The van der Waals surface area contributed by atoms with E-state index in [0.717, 1.165) is 5.56 Å². The van der Waals surface area contributed by atoms with Gasteiger partial charge in [0.1, 0.15) is 0 Å². The summed E-state index contributed by atoms with van der Waals surface area (Å²) in [5.74, 6) is -0.348. The Bertz CT molecular complexity index is 1120. The van der Waals surface area contributed by atoms with Gasteiger partial charge in [0.2, 0.25) is 0 Å². The zero-order chi connectivity index (χ0) is 24.5. The van der Waals surface area contributed by atoms with Crippen LogP contribution in [0.3, 0.4) is 0 Å². The third-order valence-corrected chi connectivity index (χ3v) is 5.35. The lowest BCUT2D eigenvalue weighted by Crippen LogP contribution is -2.49. The number of hydrogen-bond donors (Lipinski definition) is 0. The fourth-order valence-corrected chi connectivity index (χ4v) is 3.57. The number of benzene rings is 1. The molecule has 0 N–H and O–H groups in total. The first-order chi connectivity index (χ1) is 16.0. The van der Waals surface area contributed by atoms with Crippen LogP contribution in [0.2, 0.25) is 0 Å². The number of hydrogen-bond acceptors (Lipinski definition) is 5. The van der Waals surface area contributed by atoms with E-state index < -0.39 is 35.0 Å². The molecule has 1 amide bonds. The Labute approximate surface area is 189 Å². The molecule has 0 bridgehead atoms. The van der Waals surface area contributed by atoms with Crippen LogP contribution in [0.5, 0.6) is 0 Å². The standard InChI is InChI=1S/C22H17F6N5O/c23-21(24,25)16-11-15(12-17(13-16)22(26,27)28)20(34)33-9-7-32(8-10-33)19-2-1-18(30-31-19)14-3-5-29-6-4-14/h1-6,11-13H,7-10H2. The summed E-state index contributed by atoms with van der Waals surface area (Å²) in [6, 6.07) is 8.00. The molecule has 1 aliphatic heterocycles. The number of halogens is 6. The summed E-state index contributed by atoms with van der Waals surface area (Å²) < 4.78 is 78.6. The zero-order valence-corrected chi connectivity index (χ0v) is 17.4. The van der Waals surface area contributed by atoms with Gasteiger partial charge in [-0.25, -0.2) is 0 Å². The Morgan fingerprint density at radius 2 is 1.35 bits per heavy atom. The fraction of sp³-hybridized carbons (Fsp3) is 0.273. The first-order valence-electron chi connectivity index (χ1n) is 10.1. The first-order valence-corrected chi connectivity index (χ1v) is 10.1. The number of alkyl halides is 6. The molecular formula is C22H17F6N5O. The van der Waals surface area contributed by atoms with E-state index >= 15 is 0 Å². The molecule has 0 atom stereocenters. The molecule has 0 saturated carbocycles. The predicted octanol–water partition coefficient (Wildman–Crippen LogP) is 4.54. The summed E-state index contributed by atoms with van der Waals surface area (Å²) in [6.45, 7) is 0.786. The highest BCUT2D eigenvalue weighted by molar-refractivity contribution is 5.95. The SMILES string of the molecule is O=C(c1cc(C(F)(F)F)cc(C(F)(F)F)c1)N1CCN(c2ccc(-c3ccncc3)nn2)CC1. The maximum Gasteiger partial charge on any atom is 0.416 e. The Kier molecular flexibility index (Phi) is 6.15. The number of nitrogens with zero attached hydrogens (tertiary/aromatic N) is 5. The van der Waals surface area contributed by atoms with Crippen molar-refractivity contribution >= 4 is 11.7 Å². The van der Waals surface area contributed by atoms with E-state index in [1.807, 2.05) is 4.90 Å². The molecule has 3 aromatic rings. The second-order valence-corrected chi connectivity index (χ2v) is 7.59. The molecule has 0 unspecified atom stereocenters. The normalized spacial score (nSPS) is 14.9. The highest BCUT2D eigenvalue weighted by Gasteiger charge is 2.38. The average molecular weight is 481 g/mol. The summed E-state index contributed by atoms with van der Waals surface area (Å²) >= 11 is 0. The van der Waals surface area contributed by atoms with Gasteiger partial charge in [0.05, 0.1) is 16.8 Å². The largest absolute Gasteiger partial charge is 0.416 e. The van der Waals surface area contributed by atoms with Gasteiger partial charge < -0.3 is 9.80 Å². The Balaban J connectivity index is 1.47. The summed E-state index contributed by atoms with van der Waals surface area (Å²) in [4.78, 5) is 19.7. The Morgan fingerprint density at radius 3 is 1.85 bits per heavy atom. The molecule has 34 heavy (non-hydrogen) atoms. The highest BCUT2D eigenvalue weighted by Crippen LogP contribution is 2.36. The van der Waals surface area contributed by atoms with Crippen molar-refractivity contribution in [2.75, 3.05) is 31.1 Å². The maximum atomic E-state index is 13.1. The van der Waals surface area contributed by atoms with Crippen LogP contribution >= 0.6 is 0 Å². The van der Waals surface area contributed by atoms with Crippen molar-refractivity contribution in [2.24, 2.45) is 0 Å². The number of carbonyl (C=O) groups is 1. The highest BCUT2D eigenvalue weighted by atomic mass is 19.4. The smallest absolute Gasteiger partial charge is 0.352 e. The van der Waals surface area contributed by atoms with Gasteiger partial charge in [-0.2, -0.15) is 26.3 Å². The van der Waals surface area contributed by atoms with Crippen LogP contribution in [0.1, 0.15) is 21.5 Å². The minimum Gasteiger partial charge on any atom is -0.352 e. The summed E-state index contributed by atoms with van der Waals surface area (Å²) in [5, 5.41) is 8.36. The van der Waals surface area contributed by atoms with E-state index in [0.29, 0.717) is 36.7 Å². The molecule has 6 nitrogen and oxygen atoms in total. The van der Waals surface area contributed by atoms with Gasteiger partial charge in [-0.1, -0.05) is 0 Å². The Morgan fingerprint density at radius 1 is 0.765 bits per heavy atom. The van der Waals surface area contributed by atoms with Gasteiger partial charge in [0.15, 0.2) is 5.82 Å². The molecule has 1 aromatic carbocycles. The summed E-state index contributed by atoms with van der Waals surface area (Å²) in [6.07, 6.45) is -6.78. The minimum absolute atomic E-state index is 0.00298. The van der Waals surface area contributed by atoms with Crippen LogP contribution in [0.25, 0.3) is 11.3 Å². The number of amides is 1. The molecule has 0 radical (unpaired) electrons. The van der Waals surface area contributed by atoms with Crippen molar-refractivity contribution in [3.63, 3.8) is 0 Å². The van der Waals surface area contributed by atoms with Crippen LogP contribution in [0.4, 0.5) is 32.2 Å². The van der Waals surface area contributed by atoms with Gasteiger partial charge in [-0.05, 0) is 42.5 Å². The van der Waals surface area contributed by atoms with Gasteiger partial charge in [-0.15, -0.1) is 10.2 Å². The third kappa shape index (κ3) is 5.10. The van der Waals surface area contributed by atoms with Gasteiger partial charge in [0, 0.05) is 49.7 Å². The molecule has 178 valence electrons. The fourth-order valence-electron chi connectivity index (χ4n) is 3.57. The second-order valence-electron chi connectivity index (χ2n) is 7.59. The van der Waals surface area contributed by atoms with Crippen molar-refractivity contribution in [3.05, 3.63) is 71.5 Å². The molecule has 1 fully saturated rings. The van der Waals surface area contributed by atoms with Crippen molar-refractivity contribution in [2.45, 2.75) is 12.4 Å². The van der Waals surface area contributed by atoms with Crippen molar-refractivity contribution in [3.8, 4) is 11.3 Å². The van der Waals surface area contributed by atoms with Gasteiger partial charge in [0.25, 0.3) is 5.91 Å². The lowest BCUT2D eigenvalue weighted by atomic mass is 10.0. The van der Waals surface area contributed by atoms with E-state index in [9.17, 15) is 31.1 Å². The number of rotatable bonds is 3. The Hall–Kier alpha value is -3.70. The van der Waals surface area contributed by atoms with Crippen molar-refractivity contribution < 1.29 is 31.1 Å². The molecule has 0 aliphatic carbocycles. The lowest BCUT2D eigenvalue weighted by molar-refractivity contribution is -0.143. The molecular weight excluding hydrogens is 464 g/mol. The molecule has 2 aromatic heterocycles. The molecule has 1 aliphatic rings. The van der Waals surface area contributed by atoms with Crippen LogP contribution in [-0.2, 0) is 12.4 Å². The lowest BCUT2D eigenvalue weighted by Gasteiger charge is -2.35. The molecule has 4 rings (SSSR count). The number of anilines is 1. The minimum atomic E-state index is -5.02. The van der Waals surface area contributed by atoms with Crippen LogP contribution in [0, 0.1) is 0 Å². The van der Waals surface area contributed by atoms with Crippen LogP contribution in [0.15, 0.2) is 54.9 Å². The van der Waals surface area contributed by atoms with Gasteiger partial charge >= 0.3 is 12.4 Å². The topological polar surface area (TPSA) is 62.2 Å². The molecule has 1 saturated heterocycles. The number of pyridine rings is 1. The van der Waals surface area contributed by atoms with E-state index in [4.69, 9.17) is 0 Å². The quantitative estimate of drug-likeness (QED) is 0.515. The zero-order valence-electron chi connectivity index (χ0n) is 17.4. The number of carbonyl (C=O) groups excluding carboxylic acids is 1. The third-order valence-electron chi connectivity index (χ3n) is 5.35. The van der Waals surface area contributed by atoms with E-state index in [1.165, 1.54) is 4.90 Å². The summed E-state index contributed by atoms with van der Waals surface area (Å²) in [5.41, 5.74) is -2.21. The number of piperazine rings is 1. The molecule has 12 heteroatoms. The van der Waals surface area contributed by atoms with Crippen molar-refractivity contribution in [1.29, 1.82) is 0 Å². The summed E-state index contributed by atoms with van der Waals surface area (Å²) in [7, 11) is 0. The van der Waals surface area contributed by atoms with Crippen LogP contribution < -0.4 is 4.90 Å². The predicted molar refractivity (Wildman–Crippen MR) is 110 cm³/mol. The maximum absolute atomic E-state index is 13.1. The van der Waals surface area contributed by atoms with Crippen LogP contribution in [-0.4, -0.2) is 52.2 Å². The second kappa shape index (κ2) is 8.92. The van der Waals surface area contributed by atoms with Crippen molar-refractivity contribution in [1.82, 2.24) is 20.1 Å². The average Bonchev–Trinajstić information content (AvgIpc) is 2.83. The van der Waals surface area contributed by atoms with E-state index in [2.05, 4.69) is 15.2 Å². The monoisotopic (exact) mass is 481 g/mol.